The monoisotopic (exact) mass is 186 g/mol. The maximum absolute atomic E-state index is 11.1. The molecule has 1 aliphatic heterocycles. The van der Waals surface area contributed by atoms with Crippen LogP contribution >= 0.6 is 0 Å². The van der Waals surface area contributed by atoms with Crippen molar-refractivity contribution in [3.63, 3.8) is 0 Å². The second-order valence-electron chi connectivity index (χ2n) is 3.44. The molecule has 1 amide bonds. The third-order valence-electron chi connectivity index (χ3n) is 2.52. The highest BCUT2D eigenvalue weighted by molar-refractivity contribution is 5.79. The van der Waals surface area contributed by atoms with E-state index in [2.05, 4.69) is 4.90 Å². The molecule has 0 spiro atoms. The van der Waals surface area contributed by atoms with Crippen LogP contribution in [0.15, 0.2) is 0 Å². The molecule has 4 nitrogen and oxygen atoms in total. The number of nitrogens with two attached hydrogens (primary N) is 1. The molecule has 4 heteroatoms. The Hall–Kier alpha value is -0.610. The summed E-state index contributed by atoms with van der Waals surface area (Å²) >= 11 is 0. The molecule has 0 aromatic rings. The number of amides is 1. The second kappa shape index (κ2) is 5.19. The van der Waals surface area contributed by atoms with Crippen LogP contribution in [-0.2, 0) is 9.53 Å². The summed E-state index contributed by atoms with van der Waals surface area (Å²) in [6.45, 7) is 2.45. The van der Waals surface area contributed by atoms with Crippen LogP contribution in [-0.4, -0.2) is 43.7 Å². The largest absolute Gasteiger partial charge is 0.383 e. The normalized spacial score (nSPS) is 24.5. The average Bonchev–Trinajstić information content (AvgIpc) is 2.15. The third-order valence-corrected chi connectivity index (χ3v) is 2.52. The van der Waals surface area contributed by atoms with Crippen molar-refractivity contribution in [1.82, 2.24) is 4.90 Å². The lowest BCUT2D eigenvalue weighted by molar-refractivity contribution is -0.124. The topological polar surface area (TPSA) is 55.6 Å². The highest BCUT2D eigenvalue weighted by Crippen LogP contribution is 2.15. The van der Waals surface area contributed by atoms with Crippen LogP contribution in [0.5, 0.6) is 0 Å². The lowest BCUT2D eigenvalue weighted by Crippen LogP contribution is -2.48. The molecule has 1 heterocycles. The number of carbonyl (C=O) groups is 1. The number of carbonyl (C=O) groups excluding carboxylic acids is 1. The van der Waals surface area contributed by atoms with Gasteiger partial charge in [-0.3, -0.25) is 9.69 Å². The van der Waals surface area contributed by atoms with Crippen molar-refractivity contribution in [2.45, 2.75) is 25.3 Å². The van der Waals surface area contributed by atoms with Crippen LogP contribution in [0, 0.1) is 0 Å². The lowest BCUT2D eigenvalue weighted by atomic mass is 10.0. The van der Waals surface area contributed by atoms with E-state index in [1.165, 1.54) is 0 Å². The van der Waals surface area contributed by atoms with Gasteiger partial charge in [-0.25, -0.2) is 0 Å². The molecule has 1 rings (SSSR count). The third kappa shape index (κ3) is 2.97. The zero-order chi connectivity index (χ0) is 9.68. The number of nitrogens with zero attached hydrogens (tertiary/aromatic N) is 1. The van der Waals surface area contributed by atoms with Gasteiger partial charge in [-0.15, -0.1) is 0 Å². The van der Waals surface area contributed by atoms with Crippen LogP contribution in [0.2, 0.25) is 0 Å². The Kier molecular flexibility index (Phi) is 4.18. The Morgan fingerprint density at radius 2 is 2.38 bits per heavy atom. The first kappa shape index (κ1) is 10.5. The van der Waals surface area contributed by atoms with Gasteiger partial charge in [0.05, 0.1) is 12.6 Å². The van der Waals surface area contributed by atoms with E-state index in [1.807, 2.05) is 0 Å². The van der Waals surface area contributed by atoms with Crippen LogP contribution in [0.1, 0.15) is 19.3 Å². The summed E-state index contributed by atoms with van der Waals surface area (Å²) < 4.78 is 4.98. The van der Waals surface area contributed by atoms with E-state index in [9.17, 15) is 4.79 Å². The Balaban J connectivity index is 2.41. The Bertz CT molecular complexity index is 173. The number of piperidine rings is 1. The van der Waals surface area contributed by atoms with Crippen LogP contribution < -0.4 is 5.73 Å². The predicted molar refractivity (Wildman–Crippen MR) is 50.3 cm³/mol. The van der Waals surface area contributed by atoms with Gasteiger partial charge in [-0.1, -0.05) is 6.42 Å². The molecule has 0 saturated carbocycles. The first-order valence-electron chi connectivity index (χ1n) is 4.78. The number of primary amides is 1. The zero-order valence-corrected chi connectivity index (χ0v) is 8.16. The summed E-state index contributed by atoms with van der Waals surface area (Å²) in [5.74, 6) is -0.198. The van der Waals surface area contributed by atoms with Crippen molar-refractivity contribution in [2.24, 2.45) is 5.73 Å². The van der Waals surface area contributed by atoms with E-state index in [0.29, 0.717) is 6.61 Å². The van der Waals surface area contributed by atoms with Crippen LogP contribution in [0.25, 0.3) is 0 Å². The van der Waals surface area contributed by atoms with Gasteiger partial charge in [0.2, 0.25) is 5.91 Å². The first-order chi connectivity index (χ1) is 6.25. The molecule has 1 aliphatic rings. The molecule has 0 bridgehead atoms. The summed E-state index contributed by atoms with van der Waals surface area (Å²) in [6.07, 6.45) is 3.17. The lowest BCUT2D eigenvalue weighted by Gasteiger charge is -2.33. The van der Waals surface area contributed by atoms with Crippen LogP contribution in [0.4, 0.5) is 0 Å². The van der Waals surface area contributed by atoms with Crippen molar-refractivity contribution >= 4 is 5.91 Å². The molecular weight excluding hydrogens is 168 g/mol. The fourth-order valence-electron chi connectivity index (χ4n) is 1.79. The summed E-state index contributed by atoms with van der Waals surface area (Å²) in [4.78, 5) is 13.2. The minimum atomic E-state index is -0.198. The quantitative estimate of drug-likeness (QED) is 0.671. The molecule has 0 aromatic heterocycles. The second-order valence-corrected chi connectivity index (χ2v) is 3.44. The molecule has 2 N–H and O–H groups in total. The summed E-state index contributed by atoms with van der Waals surface area (Å²) in [5.41, 5.74) is 5.31. The maximum atomic E-state index is 11.1. The van der Waals surface area contributed by atoms with E-state index in [0.717, 1.165) is 32.4 Å². The van der Waals surface area contributed by atoms with Gasteiger partial charge in [0.1, 0.15) is 0 Å². The van der Waals surface area contributed by atoms with E-state index < -0.39 is 0 Å². The minimum absolute atomic E-state index is 0.0658. The van der Waals surface area contributed by atoms with E-state index >= 15 is 0 Å². The zero-order valence-electron chi connectivity index (χ0n) is 8.16. The Morgan fingerprint density at radius 1 is 1.62 bits per heavy atom. The molecule has 1 unspecified atom stereocenters. The van der Waals surface area contributed by atoms with Gasteiger partial charge >= 0.3 is 0 Å². The van der Waals surface area contributed by atoms with Gasteiger partial charge in [0.15, 0.2) is 0 Å². The molecule has 76 valence electrons. The smallest absolute Gasteiger partial charge is 0.234 e. The van der Waals surface area contributed by atoms with Gasteiger partial charge in [0.25, 0.3) is 0 Å². The average molecular weight is 186 g/mol. The maximum Gasteiger partial charge on any atom is 0.234 e. The summed E-state index contributed by atoms with van der Waals surface area (Å²) in [7, 11) is 1.67. The fourth-order valence-corrected chi connectivity index (χ4v) is 1.79. The van der Waals surface area contributed by atoms with E-state index in [4.69, 9.17) is 10.5 Å². The highest BCUT2D eigenvalue weighted by Gasteiger charge is 2.25. The molecule has 0 aliphatic carbocycles. The molecule has 0 aromatic carbocycles. The van der Waals surface area contributed by atoms with Crippen LogP contribution in [0.3, 0.4) is 0 Å². The summed E-state index contributed by atoms with van der Waals surface area (Å²) in [5, 5.41) is 0. The highest BCUT2D eigenvalue weighted by atomic mass is 16.5. The van der Waals surface area contributed by atoms with Crippen molar-refractivity contribution < 1.29 is 9.53 Å². The molecule has 1 atom stereocenters. The van der Waals surface area contributed by atoms with E-state index in [-0.39, 0.29) is 11.9 Å². The van der Waals surface area contributed by atoms with Gasteiger partial charge in [0, 0.05) is 13.7 Å². The van der Waals surface area contributed by atoms with Crippen molar-refractivity contribution in [3.05, 3.63) is 0 Å². The van der Waals surface area contributed by atoms with Crippen molar-refractivity contribution in [1.29, 1.82) is 0 Å². The van der Waals surface area contributed by atoms with Gasteiger partial charge < -0.3 is 10.5 Å². The molecule has 13 heavy (non-hydrogen) atoms. The number of hydrogen-bond donors (Lipinski definition) is 1. The number of rotatable bonds is 4. The summed E-state index contributed by atoms with van der Waals surface area (Å²) in [6, 6.07) is -0.0658. The minimum Gasteiger partial charge on any atom is -0.383 e. The number of ether oxygens (including phenoxy) is 1. The fraction of sp³-hybridized carbons (Fsp3) is 0.889. The van der Waals surface area contributed by atoms with Crippen molar-refractivity contribution in [3.8, 4) is 0 Å². The molecule has 1 saturated heterocycles. The van der Waals surface area contributed by atoms with Gasteiger partial charge in [-0.2, -0.15) is 0 Å². The molecular formula is C9H18N2O2. The standard InChI is InChI=1S/C9H18N2O2/c1-13-7-6-11-5-3-2-4-8(11)9(10)12/h8H,2-7H2,1H3,(H2,10,12). The van der Waals surface area contributed by atoms with E-state index in [1.54, 1.807) is 7.11 Å². The molecule has 0 radical (unpaired) electrons. The predicted octanol–water partition coefficient (Wildman–Crippen LogP) is -0.0274. The number of hydrogen-bond acceptors (Lipinski definition) is 3. The molecule has 1 fully saturated rings. The Labute approximate surface area is 79.0 Å². The Morgan fingerprint density at radius 3 is 3.00 bits per heavy atom. The van der Waals surface area contributed by atoms with Crippen molar-refractivity contribution in [2.75, 3.05) is 26.8 Å². The first-order valence-corrected chi connectivity index (χ1v) is 4.78. The number of methoxy groups -OCH3 is 1. The number of likely N-dealkylation sites (tertiary alicyclic amines) is 1. The van der Waals surface area contributed by atoms with Gasteiger partial charge in [-0.05, 0) is 19.4 Å². The SMILES string of the molecule is COCCN1CCCCC1C(N)=O.